The SMILES string of the molecule is c1ccc2c(c1)nc(-n1c3ccccc3c3ccc(-c4ccc5sc6ccccc6c5c4)cc31)n1c3ccccc3nc21. The Labute approximate surface area is 249 Å². The predicted molar refractivity (Wildman–Crippen MR) is 181 cm³/mol. The van der Waals surface area contributed by atoms with Crippen molar-refractivity contribution in [2.75, 3.05) is 0 Å². The molecule has 0 unspecified atom stereocenters. The molecule has 10 rings (SSSR count). The maximum absolute atomic E-state index is 5.33. The molecule has 0 spiro atoms. The number of nitrogens with zero attached hydrogens (tertiary/aromatic N) is 4. The Morgan fingerprint density at radius 3 is 2.00 bits per heavy atom. The van der Waals surface area contributed by atoms with Gasteiger partial charge in [0.2, 0.25) is 5.95 Å². The number of benzene rings is 6. The molecular formula is C38H22N4S. The van der Waals surface area contributed by atoms with E-state index in [4.69, 9.17) is 9.97 Å². The van der Waals surface area contributed by atoms with E-state index in [1.54, 1.807) is 0 Å². The van der Waals surface area contributed by atoms with Crippen LogP contribution in [0.3, 0.4) is 0 Å². The van der Waals surface area contributed by atoms with Crippen molar-refractivity contribution in [3.05, 3.63) is 133 Å². The monoisotopic (exact) mass is 566 g/mol. The van der Waals surface area contributed by atoms with Gasteiger partial charge in [0.05, 0.1) is 27.6 Å². The van der Waals surface area contributed by atoms with E-state index in [-0.39, 0.29) is 0 Å². The Hall–Kier alpha value is -5.52. The van der Waals surface area contributed by atoms with Gasteiger partial charge in [-0.1, -0.05) is 78.9 Å². The Kier molecular flexibility index (Phi) is 4.57. The van der Waals surface area contributed by atoms with E-state index in [0.29, 0.717) is 0 Å². The lowest BCUT2D eigenvalue weighted by Crippen LogP contribution is -2.06. The van der Waals surface area contributed by atoms with Gasteiger partial charge in [0, 0.05) is 36.3 Å². The zero-order chi connectivity index (χ0) is 28.1. The molecule has 6 aromatic carbocycles. The summed E-state index contributed by atoms with van der Waals surface area (Å²) >= 11 is 1.85. The number of imidazole rings is 1. The molecule has 0 aliphatic carbocycles. The van der Waals surface area contributed by atoms with Gasteiger partial charge in [-0.05, 0) is 65.7 Å². The van der Waals surface area contributed by atoms with Crippen LogP contribution in [0.25, 0.3) is 86.6 Å². The average Bonchev–Trinajstić information content (AvgIpc) is 3.74. The summed E-state index contributed by atoms with van der Waals surface area (Å²) in [6, 6.07) is 47.7. The molecule has 0 aliphatic heterocycles. The zero-order valence-corrected chi connectivity index (χ0v) is 23.7. The minimum absolute atomic E-state index is 0.838. The van der Waals surface area contributed by atoms with Crippen molar-refractivity contribution in [2.24, 2.45) is 0 Å². The standard InChI is InChI=1S/C38H22N4S/c1-4-12-30-28(11-1)37-39-31-13-5-7-15-33(31)42(37)38(40-30)41-32-14-6-2-9-25(32)26-19-17-24(22-34(26)41)23-18-20-36-29(21-23)27-10-3-8-16-35(27)43-36/h1-22H. The third kappa shape index (κ3) is 3.20. The third-order valence-corrected chi connectivity index (χ3v) is 9.86. The fourth-order valence-corrected chi connectivity index (χ4v) is 7.83. The molecule has 4 nitrogen and oxygen atoms in total. The van der Waals surface area contributed by atoms with Gasteiger partial charge in [0.1, 0.15) is 5.65 Å². The van der Waals surface area contributed by atoms with Crippen LogP contribution >= 0.6 is 11.3 Å². The summed E-state index contributed by atoms with van der Waals surface area (Å²) in [6.07, 6.45) is 0. The van der Waals surface area contributed by atoms with Crippen molar-refractivity contribution < 1.29 is 0 Å². The minimum atomic E-state index is 0.838. The van der Waals surface area contributed by atoms with E-state index in [2.05, 4.69) is 130 Å². The van der Waals surface area contributed by atoms with Crippen LogP contribution in [0.15, 0.2) is 133 Å². The molecule has 0 fully saturated rings. The molecule has 0 aliphatic rings. The molecule has 0 radical (unpaired) electrons. The molecule has 0 bridgehead atoms. The fraction of sp³-hybridized carbons (Fsp3) is 0. The van der Waals surface area contributed by atoms with Gasteiger partial charge in [-0.25, -0.2) is 9.97 Å². The highest BCUT2D eigenvalue weighted by Gasteiger charge is 2.20. The van der Waals surface area contributed by atoms with Crippen LogP contribution < -0.4 is 0 Å². The van der Waals surface area contributed by atoms with Crippen molar-refractivity contribution in [3.8, 4) is 17.1 Å². The highest BCUT2D eigenvalue weighted by molar-refractivity contribution is 7.25. The molecule has 0 N–H and O–H groups in total. The van der Waals surface area contributed by atoms with Gasteiger partial charge in [-0.3, -0.25) is 8.97 Å². The molecule has 0 saturated heterocycles. The van der Waals surface area contributed by atoms with E-state index in [9.17, 15) is 0 Å². The first-order valence-electron chi connectivity index (χ1n) is 14.4. The lowest BCUT2D eigenvalue weighted by atomic mass is 10.0. The molecule has 0 saturated carbocycles. The lowest BCUT2D eigenvalue weighted by Gasteiger charge is -2.13. The zero-order valence-electron chi connectivity index (χ0n) is 22.9. The lowest BCUT2D eigenvalue weighted by molar-refractivity contribution is 0.979. The highest BCUT2D eigenvalue weighted by Crippen LogP contribution is 2.39. The summed E-state index contributed by atoms with van der Waals surface area (Å²) in [5.74, 6) is 0.838. The highest BCUT2D eigenvalue weighted by atomic mass is 32.1. The second-order valence-electron chi connectivity index (χ2n) is 11.1. The summed E-state index contributed by atoms with van der Waals surface area (Å²) in [5, 5.41) is 6.07. The van der Waals surface area contributed by atoms with Crippen LogP contribution in [-0.2, 0) is 0 Å². The second kappa shape index (κ2) is 8.51. The Morgan fingerprint density at radius 1 is 0.442 bits per heavy atom. The number of rotatable bonds is 2. The van der Waals surface area contributed by atoms with Crippen LogP contribution in [0.4, 0.5) is 0 Å². The average molecular weight is 567 g/mol. The van der Waals surface area contributed by atoms with Crippen molar-refractivity contribution in [1.29, 1.82) is 0 Å². The van der Waals surface area contributed by atoms with Gasteiger partial charge in [-0.15, -0.1) is 11.3 Å². The first-order valence-corrected chi connectivity index (χ1v) is 15.2. The largest absolute Gasteiger partial charge is 0.279 e. The van der Waals surface area contributed by atoms with Gasteiger partial charge in [0.25, 0.3) is 0 Å². The minimum Gasteiger partial charge on any atom is -0.279 e. The van der Waals surface area contributed by atoms with E-state index < -0.39 is 0 Å². The van der Waals surface area contributed by atoms with Crippen molar-refractivity contribution in [2.45, 2.75) is 0 Å². The Morgan fingerprint density at radius 2 is 1.09 bits per heavy atom. The van der Waals surface area contributed by atoms with Gasteiger partial charge < -0.3 is 0 Å². The second-order valence-corrected chi connectivity index (χ2v) is 12.2. The Bertz CT molecular complexity index is 2740. The number of thiophene rings is 1. The summed E-state index contributed by atoms with van der Waals surface area (Å²) in [5.41, 5.74) is 8.48. The van der Waals surface area contributed by atoms with Gasteiger partial charge >= 0.3 is 0 Å². The first kappa shape index (κ1) is 23.1. The van der Waals surface area contributed by atoms with Crippen LogP contribution in [0.5, 0.6) is 0 Å². The van der Waals surface area contributed by atoms with Crippen LogP contribution in [0, 0.1) is 0 Å². The van der Waals surface area contributed by atoms with Gasteiger partial charge in [-0.2, -0.15) is 0 Å². The Balaban J connectivity index is 1.32. The molecular weight excluding hydrogens is 545 g/mol. The molecule has 4 aromatic heterocycles. The third-order valence-electron chi connectivity index (χ3n) is 8.71. The number of aromatic nitrogens is 4. The molecule has 5 heteroatoms. The molecule has 10 aromatic rings. The normalized spacial score (nSPS) is 12.2. The van der Waals surface area contributed by atoms with E-state index in [0.717, 1.165) is 44.6 Å². The molecule has 0 atom stereocenters. The van der Waals surface area contributed by atoms with E-state index in [1.165, 1.54) is 42.1 Å². The summed E-state index contributed by atoms with van der Waals surface area (Å²) in [4.78, 5) is 10.4. The summed E-state index contributed by atoms with van der Waals surface area (Å²) in [6.45, 7) is 0. The predicted octanol–water partition coefficient (Wildman–Crippen LogP) is 10.2. The molecule has 200 valence electrons. The van der Waals surface area contributed by atoms with Crippen molar-refractivity contribution in [1.82, 2.24) is 18.9 Å². The topological polar surface area (TPSA) is 35.1 Å². The quantitative estimate of drug-likeness (QED) is 0.209. The van der Waals surface area contributed by atoms with Crippen molar-refractivity contribution in [3.63, 3.8) is 0 Å². The first-order chi connectivity index (χ1) is 21.3. The number of hydrogen-bond acceptors (Lipinski definition) is 3. The van der Waals surface area contributed by atoms with E-state index >= 15 is 0 Å². The molecule has 0 amide bonds. The maximum atomic E-state index is 5.33. The summed E-state index contributed by atoms with van der Waals surface area (Å²) in [7, 11) is 0. The molecule has 43 heavy (non-hydrogen) atoms. The van der Waals surface area contributed by atoms with Crippen LogP contribution in [-0.4, -0.2) is 18.9 Å². The van der Waals surface area contributed by atoms with Gasteiger partial charge in [0.15, 0.2) is 0 Å². The van der Waals surface area contributed by atoms with E-state index in [1.807, 2.05) is 23.5 Å². The number of para-hydroxylation sites is 4. The number of fused-ring (bicyclic) bond motifs is 11. The van der Waals surface area contributed by atoms with Crippen LogP contribution in [0.1, 0.15) is 0 Å². The molecule has 4 heterocycles. The van der Waals surface area contributed by atoms with Crippen molar-refractivity contribution >= 4 is 80.9 Å². The smallest absolute Gasteiger partial charge is 0.221 e. The van der Waals surface area contributed by atoms with Crippen LogP contribution in [0.2, 0.25) is 0 Å². The fourth-order valence-electron chi connectivity index (χ4n) is 6.75. The maximum Gasteiger partial charge on any atom is 0.221 e. The number of hydrogen-bond donors (Lipinski definition) is 0. The summed E-state index contributed by atoms with van der Waals surface area (Å²) < 4.78 is 7.18.